The highest BCUT2D eigenvalue weighted by Gasteiger charge is 2.35. The van der Waals surface area contributed by atoms with E-state index in [1.165, 1.54) is 10.5 Å². The molecule has 0 bridgehead atoms. The normalized spacial score (nSPS) is 21.1. The Morgan fingerprint density at radius 1 is 1.20 bits per heavy atom. The highest BCUT2D eigenvalue weighted by Crippen LogP contribution is 2.24. The van der Waals surface area contributed by atoms with E-state index in [4.69, 9.17) is 0 Å². The van der Waals surface area contributed by atoms with Crippen molar-refractivity contribution >= 4 is 11.8 Å². The number of benzene rings is 1. The van der Waals surface area contributed by atoms with Crippen molar-refractivity contribution in [2.45, 2.75) is 19.8 Å². The van der Waals surface area contributed by atoms with E-state index in [1.807, 2.05) is 6.92 Å². The molecule has 2 aliphatic heterocycles. The summed E-state index contributed by atoms with van der Waals surface area (Å²) in [4.78, 5) is 25.9. The third-order valence-electron chi connectivity index (χ3n) is 4.05. The van der Waals surface area contributed by atoms with E-state index in [1.54, 1.807) is 24.3 Å². The summed E-state index contributed by atoms with van der Waals surface area (Å²) in [7, 11) is 0. The first-order valence-corrected chi connectivity index (χ1v) is 7.02. The van der Waals surface area contributed by atoms with Crippen molar-refractivity contribution in [3.8, 4) is 0 Å². The highest BCUT2D eigenvalue weighted by molar-refractivity contribution is 6.21. The van der Waals surface area contributed by atoms with Crippen molar-refractivity contribution in [2.24, 2.45) is 0 Å². The number of carbonyl (C=O) groups excluding carboxylic acids is 2. The SMILES string of the molecule is C/C(CN1C(=O)c2ccccc2C1=O)=C1\CCCNC1. The summed E-state index contributed by atoms with van der Waals surface area (Å²) in [6.45, 7) is 4.34. The summed E-state index contributed by atoms with van der Waals surface area (Å²) < 4.78 is 0. The molecule has 20 heavy (non-hydrogen) atoms. The minimum atomic E-state index is -0.172. The number of hydrogen-bond donors (Lipinski definition) is 1. The number of nitrogens with one attached hydrogen (secondary N) is 1. The lowest BCUT2D eigenvalue weighted by Gasteiger charge is -2.21. The number of fused-ring (bicyclic) bond motifs is 1. The fourth-order valence-electron chi connectivity index (χ4n) is 2.85. The molecule has 1 aromatic rings. The molecule has 3 rings (SSSR count). The van der Waals surface area contributed by atoms with E-state index in [9.17, 15) is 9.59 Å². The fourth-order valence-corrected chi connectivity index (χ4v) is 2.85. The molecule has 2 aliphatic rings. The van der Waals surface area contributed by atoms with Crippen LogP contribution in [0, 0.1) is 0 Å². The van der Waals surface area contributed by atoms with Gasteiger partial charge in [-0.15, -0.1) is 0 Å². The maximum absolute atomic E-state index is 12.3. The van der Waals surface area contributed by atoms with Gasteiger partial charge in [-0.1, -0.05) is 23.3 Å². The van der Waals surface area contributed by atoms with Gasteiger partial charge in [-0.05, 0) is 38.4 Å². The lowest BCUT2D eigenvalue weighted by Crippen LogP contribution is -2.33. The van der Waals surface area contributed by atoms with Crippen molar-refractivity contribution in [3.05, 3.63) is 46.5 Å². The first-order chi connectivity index (χ1) is 9.68. The van der Waals surface area contributed by atoms with Gasteiger partial charge < -0.3 is 5.32 Å². The maximum atomic E-state index is 12.3. The molecule has 1 saturated heterocycles. The van der Waals surface area contributed by atoms with Crippen molar-refractivity contribution in [1.82, 2.24) is 10.2 Å². The summed E-state index contributed by atoms with van der Waals surface area (Å²) in [5.41, 5.74) is 3.51. The molecule has 104 valence electrons. The molecule has 0 aromatic heterocycles. The van der Waals surface area contributed by atoms with Crippen LogP contribution in [-0.2, 0) is 0 Å². The zero-order valence-electron chi connectivity index (χ0n) is 11.6. The Morgan fingerprint density at radius 3 is 2.40 bits per heavy atom. The van der Waals surface area contributed by atoms with Gasteiger partial charge >= 0.3 is 0 Å². The number of piperidine rings is 1. The van der Waals surface area contributed by atoms with E-state index in [0.29, 0.717) is 17.7 Å². The molecule has 0 radical (unpaired) electrons. The van der Waals surface area contributed by atoms with Crippen LogP contribution in [0.5, 0.6) is 0 Å². The summed E-state index contributed by atoms with van der Waals surface area (Å²) in [5, 5.41) is 3.33. The second-order valence-corrected chi connectivity index (χ2v) is 5.41. The fraction of sp³-hybridized carbons (Fsp3) is 0.375. The molecule has 2 heterocycles. The maximum Gasteiger partial charge on any atom is 0.261 e. The molecule has 1 fully saturated rings. The van der Waals surface area contributed by atoms with Crippen LogP contribution in [-0.4, -0.2) is 36.3 Å². The molecule has 1 aromatic carbocycles. The van der Waals surface area contributed by atoms with Gasteiger partial charge in [0.25, 0.3) is 11.8 Å². The lowest BCUT2D eigenvalue weighted by molar-refractivity contribution is 0.0667. The number of nitrogens with zero attached hydrogens (tertiary/aromatic N) is 1. The molecule has 0 unspecified atom stereocenters. The number of carbonyl (C=O) groups is 2. The smallest absolute Gasteiger partial charge is 0.261 e. The minimum Gasteiger partial charge on any atom is -0.313 e. The highest BCUT2D eigenvalue weighted by atomic mass is 16.2. The van der Waals surface area contributed by atoms with E-state index in [0.717, 1.165) is 31.5 Å². The first-order valence-electron chi connectivity index (χ1n) is 7.02. The van der Waals surface area contributed by atoms with E-state index >= 15 is 0 Å². The van der Waals surface area contributed by atoms with Crippen molar-refractivity contribution in [3.63, 3.8) is 0 Å². The second-order valence-electron chi connectivity index (χ2n) is 5.41. The number of amides is 2. The Balaban J connectivity index is 1.83. The summed E-state index contributed by atoms with van der Waals surface area (Å²) in [5.74, 6) is -0.344. The molecule has 0 atom stereocenters. The predicted octanol–water partition coefficient (Wildman–Crippen LogP) is 1.98. The number of imide groups is 1. The van der Waals surface area contributed by atoms with Gasteiger partial charge in [-0.3, -0.25) is 14.5 Å². The van der Waals surface area contributed by atoms with Crippen molar-refractivity contribution in [2.75, 3.05) is 19.6 Å². The van der Waals surface area contributed by atoms with Gasteiger partial charge in [0.1, 0.15) is 0 Å². The predicted molar refractivity (Wildman–Crippen MR) is 76.6 cm³/mol. The third kappa shape index (κ3) is 2.16. The van der Waals surface area contributed by atoms with Crippen LogP contribution in [0.3, 0.4) is 0 Å². The second kappa shape index (κ2) is 5.21. The molecular weight excluding hydrogens is 252 g/mol. The van der Waals surface area contributed by atoms with Crippen molar-refractivity contribution in [1.29, 1.82) is 0 Å². The third-order valence-corrected chi connectivity index (χ3v) is 4.05. The molecule has 0 spiro atoms. The first kappa shape index (κ1) is 13.1. The zero-order valence-corrected chi connectivity index (χ0v) is 11.6. The van der Waals surface area contributed by atoms with Crippen LogP contribution in [0.25, 0.3) is 0 Å². The van der Waals surface area contributed by atoms with Gasteiger partial charge in [0.2, 0.25) is 0 Å². The van der Waals surface area contributed by atoms with Gasteiger partial charge in [-0.25, -0.2) is 0 Å². The molecule has 4 heteroatoms. The van der Waals surface area contributed by atoms with Crippen LogP contribution in [0.1, 0.15) is 40.5 Å². The van der Waals surface area contributed by atoms with Crippen LogP contribution in [0.15, 0.2) is 35.4 Å². The Bertz CT molecular complexity index is 561. The Morgan fingerprint density at radius 2 is 1.85 bits per heavy atom. The van der Waals surface area contributed by atoms with Crippen LogP contribution < -0.4 is 5.32 Å². The topological polar surface area (TPSA) is 49.4 Å². The van der Waals surface area contributed by atoms with Crippen LogP contribution >= 0.6 is 0 Å². The zero-order chi connectivity index (χ0) is 14.1. The quantitative estimate of drug-likeness (QED) is 0.660. The largest absolute Gasteiger partial charge is 0.313 e. The van der Waals surface area contributed by atoms with E-state index in [-0.39, 0.29) is 11.8 Å². The Hall–Kier alpha value is -1.94. The van der Waals surface area contributed by atoms with Crippen molar-refractivity contribution < 1.29 is 9.59 Å². The number of rotatable bonds is 2. The average molecular weight is 270 g/mol. The summed E-state index contributed by atoms with van der Waals surface area (Å²) >= 11 is 0. The molecule has 1 N–H and O–H groups in total. The van der Waals surface area contributed by atoms with Crippen LogP contribution in [0.4, 0.5) is 0 Å². The van der Waals surface area contributed by atoms with Gasteiger partial charge in [0.05, 0.1) is 17.7 Å². The monoisotopic (exact) mass is 270 g/mol. The van der Waals surface area contributed by atoms with Crippen LogP contribution in [0.2, 0.25) is 0 Å². The summed E-state index contributed by atoms with van der Waals surface area (Å²) in [6.07, 6.45) is 2.18. The Labute approximate surface area is 118 Å². The average Bonchev–Trinajstić information content (AvgIpc) is 2.74. The van der Waals surface area contributed by atoms with E-state index in [2.05, 4.69) is 5.32 Å². The summed E-state index contributed by atoms with van der Waals surface area (Å²) in [6, 6.07) is 7.04. The van der Waals surface area contributed by atoms with Gasteiger partial charge in [0.15, 0.2) is 0 Å². The molecule has 4 nitrogen and oxygen atoms in total. The minimum absolute atomic E-state index is 0.172. The molecule has 0 saturated carbocycles. The molecule has 0 aliphatic carbocycles. The Kier molecular flexibility index (Phi) is 3.40. The number of hydrogen-bond acceptors (Lipinski definition) is 3. The van der Waals surface area contributed by atoms with E-state index < -0.39 is 0 Å². The standard InChI is InChI=1S/C16H18N2O2/c1-11(12-5-4-8-17-9-12)10-18-15(19)13-6-2-3-7-14(13)16(18)20/h2-3,6-7,17H,4-5,8-10H2,1H3/b12-11-. The van der Waals surface area contributed by atoms with Gasteiger partial charge in [-0.2, -0.15) is 0 Å². The van der Waals surface area contributed by atoms with Gasteiger partial charge in [0, 0.05) is 6.54 Å². The lowest BCUT2D eigenvalue weighted by atomic mass is 10.0. The molecular formula is C16H18N2O2. The molecule has 2 amide bonds.